The second kappa shape index (κ2) is 4.04. The van der Waals surface area contributed by atoms with Crippen molar-refractivity contribution in [2.45, 2.75) is 27.3 Å². The van der Waals surface area contributed by atoms with E-state index in [1.807, 2.05) is 18.4 Å². The molecule has 0 aliphatic rings. The highest BCUT2D eigenvalue weighted by Gasteiger charge is 2.16. The molecule has 0 aliphatic carbocycles. The minimum Gasteiger partial charge on any atom is -0.383 e. The SMILES string of the molecule is Cc1noc(Cn2c(C)c(C)c3c(N)ncnc32)n1. The van der Waals surface area contributed by atoms with E-state index in [1.165, 1.54) is 6.33 Å². The molecule has 0 bridgehead atoms. The van der Waals surface area contributed by atoms with E-state index in [2.05, 4.69) is 20.1 Å². The molecule has 0 saturated heterocycles. The molecule has 0 aromatic carbocycles. The maximum Gasteiger partial charge on any atom is 0.246 e. The average Bonchev–Trinajstić information content (AvgIpc) is 2.88. The minimum atomic E-state index is 0.480. The molecule has 0 amide bonds. The molecule has 0 aliphatic heterocycles. The van der Waals surface area contributed by atoms with Gasteiger partial charge in [0.05, 0.1) is 5.39 Å². The summed E-state index contributed by atoms with van der Waals surface area (Å²) in [5.41, 5.74) is 8.85. The largest absolute Gasteiger partial charge is 0.383 e. The van der Waals surface area contributed by atoms with Gasteiger partial charge in [-0.05, 0) is 26.3 Å². The van der Waals surface area contributed by atoms with Crippen LogP contribution in [0.5, 0.6) is 0 Å². The van der Waals surface area contributed by atoms with Crippen LogP contribution in [0.2, 0.25) is 0 Å². The lowest BCUT2D eigenvalue weighted by molar-refractivity contribution is 0.368. The van der Waals surface area contributed by atoms with E-state index >= 15 is 0 Å². The van der Waals surface area contributed by atoms with Gasteiger partial charge in [-0.1, -0.05) is 5.16 Å². The summed E-state index contributed by atoms with van der Waals surface area (Å²) in [5.74, 6) is 1.66. The van der Waals surface area contributed by atoms with Gasteiger partial charge in [0.25, 0.3) is 0 Å². The molecule has 0 unspecified atom stereocenters. The normalized spacial score (nSPS) is 11.3. The topological polar surface area (TPSA) is 95.7 Å². The van der Waals surface area contributed by atoms with Gasteiger partial charge in [0.15, 0.2) is 5.82 Å². The summed E-state index contributed by atoms with van der Waals surface area (Å²) in [6.07, 6.45) is 1.46. The van der Waals surface area contributed by atoms with Crippen molar-refractivity contribution in [2.24, 2.45) is 0 Å². The number of nitrogens with two attached hydrogens (primary N) is 1. The molecule has 2 N–H and O–H groups in total. The van der Waals surface area contributed by atoms with Crippen LogP contribution in [0, 0.1) is 20.8 Å². The summed E-state index contributed by atoms with van der Waals surface area (Å²) >= 11 is 0. The Bertz CT molecular complexity index is 757. The fourth-order valence-corrected chi connectivity index (χ4v) is 2.23. The van der Waals surface area contributed by atoms with E-state index in [-0.39, 0.29) is 0 Å². The molecule has 0 radical (unpaired) electrons. The van der Waals surface area contributed by atoms with Crippen molar-refractivity contribution >= 4 is 16.9 Å². The molecule has 3 rings (SSSR count). The predicted octanol–water partition coefficient (Wildman–Crippen LogP) is 1.37. The summed E-state index contributed by atoms with van der Waals surface area (Å²) in [7, 11) is 0. The highest BCUT2D eigenvalue weighted by molar-refractivity contribution is 5.90. The smallest absolute Gasteiger partial charge is 0.246 e. The van der Waals surface area contributed by atoms with Gasteiger partial charge in [0.2, 0.25) is 5.89 Å². The lowest BCUT2D eigenvalue weighted by Gasteiger charge is -2.03. The third kappa shape index (κ3) is 1.74. The first-order chi connectivity index (χ1) is 9.08. The Balaban J connectivity index is 2.18. The summed E-state index contributed by atoms with van der Waals surface area (Å²) in [6.45, 7) is 6.29. The molecular formula is C12H14N6O. The molecule has 3 heterocycles. The molecule has 3 aromatic rings. The number of hydrogen-bond acceptors (Lipinski definition) is 6. The number of anilines is 1. The van der Waals surface area contributed by atoms with Crippen molar-refractivity contribution in [3.63, 3.8) is 0 Å². The van der Waals surface area contributed by atoms with Crippen LogP contribution < -0.4 is 5.73 Å². The molecular weight excluding hydrogens is 244 g/mol. The molecule has 0 saturated carbocycles. The minimum absolute atomic E-state index is 0.480. The highest BCUT2D eigenvalue weighted by atomic mass is 16.5. The Hall–Kier alpha value is -2.44. The fourth-order valence-electron chi connectivity index (χ4n) is 2.23. The molecule has 3 aromatic heterocycles. The Labute approximate surface area is 109 Å². The zero-order valence-corrected chi connectivity index (χ0v) is 11.0. The summed E-state index contributed by atoms with van der Waals surface area (Å²) in [5, 5.41) is 4.68. The van der Waals surface area contributed by atoms with E-state index in [4.69, 9.17) is 10.3 Å². The molecule has 0 fully saturated rings. The van der Waals surface area contributed by atoms with Crippen LogP contribution in [0.15, 0.2) is 10.9 Å². The van der Waals surface area contributed by atoms with Crippen LogP contribution in [0.25, 0.3) is 11.0 Å². The lowest BCUT2D eigenvalue weighted by atomic mass is 10.2. The van der Waals surface area contributed by atoms with Crippen LogP contribution in [0.1, 0.15) is 23.0 Å². The predicted molar refractivity (Wildman–Crippen MR) is 69.6 cm³/mol. The van der Waals surface area contributed by atoms with E-state index in [1.54, 1.807) is 6.92 Å². The Kier molecular flexibility index (Phi) is 2.48. The summed E-state index contributed by atoms with van der Waals surface area (Å²) in [6, 6.07) is 0. The van der Waals surface area contributed by atoms with Gasteiger partial charge in [0, 0.05) is 5.69 Å². The molecule has 0 spiro atoms. The van der Waals surface area contributed by atoms with Crippen LogP contribution in [-0.4, -0.2) is 24.7 Å². The third-order valence-electron chi connectivity index (χ3n) is 3.30. The highest BCUT2D eigenvalue weighted by Crippen LogP contribution is 2.27. The Morgan fingerprint density at radius 1 is 1.26 bits per heavy atom. The molecule has 19 heavy (non-hydrogen) atoms. The molecule has 98 valence electrons. The Morgan fingerprint density at radius 3 is 2.74 bits per heavy atom. The van der Waals surface area contributed by atoms with E-state index in [0.29, 0.717) is 24.1 Å². The van der Waals surface area contributed by atoms with Crippen LogP contribution in [0.3, 0.4) is 0 Å². The van der Waals surface area contributed by atoms with Gasteiger partial charge < -0.3 is 14.8 Å². The second-order valence-corrected chi connectivity index (χ2v) is 4.49. The lowest BCUT2D eigenvalue weighted by Crippen LogP contribution is -2.03. The first-order valence-corrected chi connectivity index (χ1v) is 5.93. The van der Waals surface area contributed by atoms with Crippen molar-refractivity contribution in [1.29, 1.82) is 0 Å². The van der Waals surface area contributed by atoms with Crippen molar-refractivity contribution < 1.29 is 4.52 Å². The number of hydrogen-bond donors (Lipinski definition) is 1. The summed E-state index contributed by atoms with van der Waals surface area (Å²) in [4.78, 5) is 12.6. The van der Waals surface area contributed by atoms with Crippen molar-refractivity contribution in [3.8, 4) is 0 Å². The van der Waals surface area contributed by atoms with Gasteiger partial charge in [-0.2, -0.15) is 4.98 Å². The van der Waals surface area contributed by atoms with E-state index < -0.39 is 0 Å². The number of aryl methyl sites for hydroxylation is 2. The number of fused-ring (bicyclic) bond motifs is 1. The van der Waals surface area contributed by atoms with Crippen molar-refractivity contribution in [3.05, 3.63) is 29.3 Å². The molecule has 7 nitrogen and oxygen atoms in total. The van der Waals surface area contributed by atoms with Crippen LogP contribution >= 0.6 is 0 Å². The quantitative estimate of drug-likeness (QED) is 0.745. The standard InChI is InChI=1S/C12H14N6O/c1-6-7(2)18(4-9-16-8(3)17-19-9)12-10(6)11(13)14-5-15-12/h5H,4H2,1-3H3,(H2,13,14,15). The number of nitrogens with zero attached hydrogens (tertiary/aromatic N) is 5. The monoisotopic (exact) mass is 258 g/mol. The van der Waals surface area contributed by atoms with Crippen LogP contribution in [0.4, 0.5) is 5.82 Å². The van der Waals surface area contributed by atoms with Crippen molar-refractivity contribution in [2.75, 3.05) is 5.73 Å². The first kappa shape index (κ1) is 11.6. The number of aromatic nitrogens is 5. The number of rotatable bonds is 2. The average molecular weight is 258 g/mol. The molecule has 0 atom stereocenters. The molecule has 7 heteroatoms. The van der Waals surface area contributed by atoms with Gasteiger partial charge in [-0.3, -0.25) is 0 Å². The Morgan fingerprint density at radius 2 is 2.05 bits per heavy atom. The van der Waals surface area contributed by atoms with E-state index in [0.717, 1.165) is 22.3 Å². The first-order valence-electron chi connectivity index (χ1n) is 5.93. The zero-order valence-electron chi connectivity index (χ0n) is 11.0. The fraction of sp³-hybridized carbons (Fsp3) is 0.333. The van der Waals surface area contributed by atoms with Gasteiger partial charge >= 0.3 is 0 Å². The summed E-state index contributed by atoms with van der Waals surface area (Å²) < 4.78 is 7.16. The number of nitrogen functional groups attached to an aromatic ring is 1. The maximum absolute atomic E-state index is 5.92. The van der Waals surface area contributed by atoms with E-state index in [9.17, 15) is 0 Å². The van der Waals surface area contributed by atoms with Gasteiger partial charge in [0.1, 0.15) is 24.3 Å². The van der Waals surface area contributed by atoms with Crippen molar-refractivity contribution in [1.82, 2.24) is 24.7 Å². The zero-order chi connectivity index (χ0) is 13.6. The van der Waals surface area contributed by atoms with Crippen LogP contribution in [-0.2, 0) is 6.54 Å². The maximum atomic E-state index is 5.92. The van der Waals surface area contributed by atoms with Gasteiger partial charge in [-0.25, -0.2) is 9.97 Å². The third-order valence-corrected chi connectivity index (χ3v) is 3.30. The van der Waals surface area contributed by atoms with Gasteiger partial charge in [-0.15, -0.1) is 0 Å². The second-order valence-electron chi connectivity index (χ2n) is 4.49.